The summed E-state index contributed by atoms with van der Waals surface area (Å²) >= 11 is 0. The van der Waals surface area contributed by atoms with E-state index in [9.17, 15) is 14.4 Å². The van der Waals surface area contributed by atoms with Crippen LogP contribution in [0.15, 0.2) is 383 Å². The van der Waals surface area contributed by atoms with Gasteiger partial charge >= 0.3 is 0 Å². The van der Waals surface area contributed by atoms with Crippen molar-refractivity contribution < 1.29 is 14.4 Å². The van der Waals surface area contributed by atoms with Crippen LogP contribution in [-0.4, -0.2) is 64.5 Å². The van der Waals surface area contributed by atoms with Gasteiger partial charge in [-0.05, 0) is 103 Å². The second-order valence-electron chi connectivity index (χ2n) is 27.4. The molecule has 0 fully saturated rings. The molecule has 0 radical (unpaired) electrons. The normalized spacial score (nSPS) is 12.6. The number of hydrogen-bond acceptors (Lipinski definition) is 9. The van der Waals surface area contributed by atoms with E-state index in [-0.39, 0.29) is 42.9 Å². The van der Waals surface area contributed by atoms with E-state index in [1.807, 2.05) is 274 Å². The fourth-order valence-electron chi connectivity index (χ4n) is 15.4. The zero-order valence-electron chi connectivity index (χ0n) is 59.9. The molecule has 0 aliphatic rings. The molecule has 15 nitrogen and oxygen atoms in total. The summed E-state index contributed by atoms with van der Waals surface area (Å²) in [5, 5.41) is 9.20. The lowest BCUT2D eigenvalue weighted by Crippen LogP contribution is -2.38. The highest BCUT2D eigenvalue weighted by Crippen LogP contribution is 2.45. The van der Waals surface area contributed by atoms with Crippen LogP contribution in [0.5, 0.6) is 0 Å². The topological polar surface area (TPSA) is 219 Å². The first kappa shape index (κ1) is 71.2. The Balaban J connectivity index is 0.668. The van der Waals surface area contributed by atoms with Crippen molar-refractivity contribution in [3.63, 3.8) is 0 Å². The summed E-state index contributed by atoms with van der Waals surface area (Å²) in [6.07, 6.45) is 12.0. The van der Waals surface area contributed by atoms with E-state index in [4.69, 9.17) is 32.2 Å². The molecular weight excluding hydrogens is 1350 g/mol. The monoisotopic (exact) mass is 1430 g/mol. The Labute approximate surface area is 634 Å². The van der Waals surface area contributed by atoms with Gasteiger partial charge in [0.25, 0.3) is 0 Å². The van der Waals surface area contributed by atoms with Crippen LogP contribution in [-0.2, 0) is 50.3 Å². The van der Waals surface area contributed by atoms with Gasteiger partial charge in [0, 0.05) is 60.8 Å². The van der Waals surface area contributed by atoms with E-state index < -0.39 is 34.7 Å². The first-order chi connectivity index (χ1) is 53.5. The lowest BCUT2D eigenvalue weighted by atomic mass is 9.77. The van der Waals surface area contributed by atoms with Crippen molar-refractivity contribution in [1.29, 1.82) is 0 Å². The van der Waals surface area contributed by atoms with Gasteiger partial charge in [0.05, 0.1) is 54.2 Å². The third-order valence-electron chi connectivity index (χ3n) is 20.6. The predicted octanol–water partition coefficient (Wildman–Crippen LogP) is 15.5. The van der Waals surface area contributed by atoms with Crippen molar-refractivity contribution in [3.8, 4) is 0 Å². The number of amides is 3. The van der Waals surface area contributed by atoms with Crippen LogP contribution in [0.3, 0.4) is 0 Å². The van der Waals surface area contributed by atoms with E-state index in [0.717, 1.165) is 66.8 Å². The van der Waals surface area contributed by atoms with E-state index >= 15 is 0 Å². The van der Waals surface area contributed by atoms with Crippen LogP contribution in [0.2, 0.25) is 0 Å². The number of nitrogens with one attached hydrogen (secondary N) is 3. The van der Waals surface area contributed by atoms with Crippen LogP contribution in [0.1, 0.15) is 89.8 Å². The van der Waals surface area contributed by atoms with Gasteiger partial charge in [-0.2, -0.15) is 0 Å². The molecule has 0 unspecified atom stereocenters. The van der Waals surface area contributed by atoms with E-state index in [1.54, 1.807) is 0 Å². The molecule has 15 heteroatoms. The van der Waals surface area contributed by atoms with Gasteiger partial charge in [0.2, 0.25) is 17.7 Å². The maximum atomic E-state index is 14.1. The van der Waals surface area contributed by atoms with E-state index in [2.05, 4.69) is 139 Å². The quantitative estimate of drug-likeness (QED) is 0.0269. The summed E-state index contributed by atoms with van der Waals surface area (Å²) in [6.45, 7) is 0. The minimum Gasteiger partial charge on any atom is -0.325 e. The summed E-state index contributed by atoms with van der Waals surface area (Å²) in [7, 11) is 0. The number of rotatable bonds is 27. The minimum atomic E-state index is -0.940. The molecule has 3 heterocycles. The number of nitrogens with two attached hydrogens (primary N) is 3. The Morgan fingerprint density at radius 3 is 0.615 bits per heavy atom. The Hall–Kier alpha value is -13.4. The fourth-order valence-corrected chi connectivity index (χ4v) is 15.4. The predicted molar refractivity (Wildman–Crippen MR) is 432 cm³/mol. The first-order valence-electron chi connectivity index (χ1n) is 36.6. The summed E-state index contributed by atoms with van der Waals surface area (Å²) < 4.78 is 6.34. The molecule has 15 aromatic rings. The summed E-state index contributed by atoms with van der Waals surface area (Å²) in [4.78, 5) is 57.0. The zero-order chi connectivity index (χ0) is 74.6. The van der Waals surface area contributed by atoms with Crippen molar-refractivity contribution in [2.24, 2.45) is 17.2 Å². The standard InChI is InChI=1S/C94H82N12O3/c95-85(58-82-61-104(64-98-82)92(70-28-10-1-11-29-70,71-30-12-2-13-31-71)72-32-14-3-15-33-72)89(107)101-79-52-46-67(47-53-79)88(68-48-54-80(55-49-68)102-90(108)86(96)59-83-62-105(65-99-83)93(73-34-16-4-17-35-73,74-36-18-5-19-37-74)75-38-20-6-21-39-75)69-50-56-81(57-51-69)103-91(109)87(97)60-84-63-106(66-100-84)94(76-40-22-7-23-41-76,77-42-24-8-25-43-77)78-44-26-9-27-45-78/h1-57,61-66,85-88H,58-60,95-97H2,(H,101,107)(H,102,108)(H,103,109)/t85-,86-,87-/m1/s1. The maximum absolute atomic E-state index is 14.1. The molecule has 0 aliphatic carbocycles. The average molecular weight is 1430 g/mol. The van der Waals surface area contributed by atoms with Crippen LogP contribution >= 0.6 is 0 Å². The molecule has 0 saturated carbocycles. The highest BCUT2D eigenvalue weighted by Gasteiger charge is 2.42. The van der Waals surface area contributed by atoms with Gasteiger partial charge in [-0.3, -0.25) is 14.4 Å². The Bertz CT molecular complexity index is 4640. The third kappa shape index (κ3) is 14.6. The van der Waals surface area contributed by atoms with Crippen LogP contribution in [0.25, 0.3) is 0 Å². The highest BCUT2D eigenvalue weighted by molar-refractivity contribution is 5.96. The Kier molecular flexibility index (Phi) is 21.0. The van der Waals surface area contributed by atoms with Crippen molar-refractivity contribution in [1.82, 2.24) is 28.7 Å². The van der Waals surface area contributed by atoms with Crippen molar-refractivity contribution >= 4 is 34.8 Å². The molecule has 12 aromatic carbocycles. The Morgan fingerprint density at radius 1 is 0.266 bits per heavy atom. The molecule has 0 bridgehead atoms. The minimum absolute atomic E-state index is 0.176. The summed E-state index contributed by atoms with van der Waals surface area (Å²) in [5.41, 5.74) is 33.7. The molecule has 109 heavy (non-hydrogen) atoms. The van der Waals surface area contributed by atoms with E-state index in [0.29, 0.717) is 34.1 Å². The van der Waals surface area contributed by atoms with Gasteiger partial charge in [-0.25, -0.2) is 15.0 Å². The van der Waals surface area contributed by atoms with E-state index in [1.165, 1.54) is 0 Å². The molecule has 3 atom stereocenters. The van der Waals surface area contributed by atoms with Crippen LogP contribution in [0.4, 0.5) is 17.1 Å². The molecule has 3 amide bonds. The number of nitrogens with zero attached hydrogens (tertiary/aromatic N) is 6. The third-order valence-corrected chi connectivity index (χ3v) is 20.6. The zero-order valence-corrected chi connectivity index (χ0v) is 59.9. The summed E-state index contributed by atoms with van der Waals surface area (Å²) in [5.74, 6) is -1.48. The number of benzene rings is 12. The van der Waals surface area contributed by atoms with Crippen molar-refractivity contribution in [3.05, 3.63) is 467 Å². The van der Waals surface area contributed by atoms with Crippen LogP contribution in [0, 0.1) is 0 Å². The molecule has 0 spiro atoms. The molecule has 3 aromatic heterocycles. The second kappa shape index (κ2) is 32.1. The van der Waals surface area contributed by atoms with Crippen molar-refractivity contribution in [2.75, 3.05) is 16.0 Å². The first-order valence-corrected chi connectivity index (χ1v) is 36.6. The molecule has 15 rings (SSSR count). The molecule has 0 aliphatic heterocycles. The second-order valence-corrected chi connectivity index (χ2v) is 27.4. The molecule has 9 N–H and O–H groups in total. The van der Waals surface area contributed by atoms with Gasteiger partial charge in [-0.15, -0.1) is 0 Å². The van der Waals surface area contributed by atoms with Gasteiger partial charge in [0.15, 0.2) is 0 Å². The molecular formula is C94H82N12O3. The number of carbonyl (C=O) groups excluding carboxylic acids is 3. The van der Waals surface area contributed by atoms with Gasteiger partial charge in [0.1, 0.15) is 16.6 Å². The van der Waals surface area contributed by atoms with Crippen LogP contribution < -0.4 is 33.2 Å². The average Bonchev–Trinajstić information content (AvgIpc) is 1.74. The lowest BCUT2D eigenvalue weighted by Gasteiger charge is -2.37. The van der Waals surface area contributed by atoms with Crippen molar-refractivity contribution in [2.45, 2.75) is 59.9 Å². The number of imidazole rings is 3. The number of carbonyl (C=O) groups is 3. The highest BCUT2D eigenvalue weighted by atomic mass is 16.2. The fraction of sp³-hybridized carbons (Fsp3) is 0.106. The summed E-state index contributed by atoms with van der Waals surface area (Å²) in [6, 6.07) is 113. The smallest absolute Gasteiger partial charge is 0.241 e. The largest absolute Gasteiger partial charge is 0.325 e. The van der Waals surface area contributed by atoms with Gasteiger partial charge in [-0.1, -0.05) is 309 Å². The number of aromatic nitrogens is 6. The molecule has 0 saturated heterocycles. The maximum Gasteiger partial charge on any atom is 0.241 e. The molecule has 536 valence electrons. The number of anilines is 3. The lowest BCUT2D eigenvalue weighted by molar-refractivity contribution is -0.118. The SMILES string of the molecule is N[C@H](Cc1cn(C(c2ccccc2)(c2ccccc2)c2ccccc2)cn1)C(=O)Nc1ccc(C(c2ccc(NC(=O)[C@H](N)Cc3cn(C(c4ccccc4)(c4ccccc4)c4ccccc4)cn3)cc2)c2ccc(NC(=O)[C@H](N)Cc3cn(C(c4ccccc4)(c4ccccc4)c4ccccc4)cn3)cc2)cc1. The Morgan fingerprint density at radius 2 is 0.440 bits per heavy atom. The van der Waals surface area contributed by atoms with Gasteiger partial charge < -0.3 is 46.9 Å². The number of hydrogen-bond donors (Lipinski definition) is 6.